The van der Waals surface area contributed by atoms with Crippen molar-refractivity contribution in [3.05, 3.63) is 24.0 Å². The van der Waals surface area contributed by atoms with Crippen LogP contribution in [0.4, 0.5) is 0 Å². The predicted molar refractivity (Wildman–Crippen MR) is 51.7 cm³/mol. The van der Waals surface area contributed by atoms with Crippen LogP contribution in [0.1, 0.15) is 36.2 Å². The molecule has 0 aliphatic heterocycles. The lowest BCUT2D eigenvalue weighted by Gasteiger charge is -2.08. The third kappa shape index (κ3) is 1.53. The average molecular weight is 177 g/mol. The van der Waals surface area contributed by atoms with Gasteiger partial charge in [-0.05, 0) is 25.0 Å². The molecule has 13 heavy (non-hydrogen) atoms. The Balaban J connectivity index is 2.17. The highest BCUT2D eigenvalue weighted by Crippen LogP contribution is 2.27. The molecule has 2 rings (SSSR count). The van der Waals surface area contributed by atoms with Crippen LogP contribution >= 0.6 is 0 Å². The number of aryl methyl sites for hydroxylation is 1. The molecule has 1 aromatic rings. The predicted octanol–water partition coefficient (Wildman–Crippen LogP) is 2.40. The fourth-order valence-corrected chi connectivity index (χ4v) is 2.11. The Bertz CT molecular complexity index is 308. The molecule has 0 radical (unpaired) electrons. The first-order valence-electron chi connectivity index (χ1n) is 4.94. The zero-order valence-corrected chi connectivity index (χ0v) is 7.99. The van der Waals surface area contributed by atoms with Gasteiger partial charge in [0.2, 0.25) is 0 Å². The van der Waals surface area contributed by atoms with Gasteiger partial charge in [-0.15, -0.1) is 0 Å². The van der Waals surface area contributed by atoms with Crippen molar-refractivity contribution in [2.45, 2.75) is 25.7 Å². The first-order valence-corrected chi connectivity index (χ1v) is 4.94. The topological polar surface area (TPSA) is 22.0 Å². The summed E-state index contributed by atoms with van der Waals surface area (Å²) in [5, 5.41) is 0. The van der Waals surface area contributed by atoms with E-state index < -0.39 is 0 Å². The molecule has 1 aromatic heterocycles. The van der Waals surface area contributed by atoms with E-state index in [1.165, 1.54) is 12.8 Å². The van der Waals surface area contributed by atoms with E-state index in [0.717, 1.165) is 18.5 Å². The standard InChI is InChI=1S/C11H15NO/c1-12-8-4-7-10(12)11(13)9-5-2-3-6-9/h4,7-9H,2-3,5-6H2,1H3. The first-order chi connectivity index (χ1) is 6.29. The van der Waals surface area contributed by atoms with Crippen LogP contribution in [-0.4, -0.2) is 10.4 Å². The molecule has 1 aliphatic carbocycles. The van der Waals surface area contributed by atoms with Crippen molar-refractivity contribution in [3.63, 3.8) is 0 Å². The highest BCUT2D eigenvalue weighted by molar-refractivity contribution is 5.96. The summed E-state index contributed by atoms with van der Waals surface area (Å²) < 4.78 is 1.92. The van der Waals surface area contributed by atoms with Gasteiger partial charge >= 0.3 is 0 Å². The molecule has 0 spiro atoms. The summed E-state index contributed by atoms with van der Waals surface area (Å²) in [7, 11) is 1.93. The number of rotatable bonds is 2. The van der Waals surface area contributed by atoms with Crippen LogP contribution in [0, 0.1) is 5.92 Å². The maximum atomic E-state index is 11.9. The van der Waals surface area contributed by atoms with E-state index in [0.29, 0.717) is 11.7 Å². The number of aromatic nitrogens is 1. The number of carbonyl (C=O) groups excluding carboxylic acids is 1. The van der Waals surface area contributed by atoms with Gasteiger partial charge in [-0.3, -0.25) is 4.79 Å². The molecule has 2 nitrogen and oxygen atoms in total. The van der Waals surface area contributed by atoms with E-state index in [-0.39, 0.29) is 0 Å². The van der Waals surface area contributed by atoms with Gasteiger partial charge < -0.3 is 4.57 Å². The largest absolute Gasteiger partial charge is 0.348 e. The Morgan fingerprint density at radius 1 is 1.46 bits per heavy atom. The number of ketones is 1. The Kier molecular flexibility index (Phi) is 2.21. The maximum absolute atomic E-state index is 11.9. The van der Waals surface area contributed by atoms with Crippen LogP contribution in [0.5, 0.6) is 0 Å². The Labute approximate surface area is 78.6 Å². The van der Waals surface area contributed by atoms with Gasteiger partial charge in [-0.25, -0.2) is 0 Å². The molecule has 0 bridgehead atoms. The molecule has 1 aliphatic rings. The lowest BCUT2D eigenvalue weighted by molar-refractivity contribution is 0.0914. The van der Waals surface area contributed by atoms with Crippen molar-refractivity contribution >= 4 is 5.78 Å². The summed E-state index contributed by atoms with van der Waals surface area (Å²) in [4.78, 5) is 11.9. The van der Waals surface area contributed by atoms with E-state index in [1.807, 2.05) is 29.9 Å². The van der Waals surface area contributed by atoms with Gasteiger partial charge in [0.25, 0.3) is 0 Å². The Morgan fingerprint density at radius 3 is 2.69 bits per heavy atom. The fourth-order valence-electron chi connectivity index (χ4n) is 2.11. The quantitative estimate of drug-likeness (QED) is 0.636. The molecule has 2 heteroatoms. The molecule has 1 heterocycles. The third-order valence-electron chi connectivity index (χ3n) is 2.92. The van der Waals surface area contributed by atoms with Crippen LogP contribution in [0.2, 0.25) is 0 Å². The second kappa shape index (κ2) is 3.36. The second-order valence-electron chi connectivity index (χ2n) is 3.85. The summed E-state index contributed by atoms with van der Waals surface area (Å²) >= 11 is 0. The molecular formula is C11H15NO. The molecule has 0 saturated heterocycles. The summed E-state index contributed by atoms with van der Waals surface area (Å²) in [5.74, 6) is 0.638. The second-order valence-corrected chi connectivity index (χ2v) is 3.85. The highest BCUT2D eigenvalue weighted by atomic mass is 16.1. The van der Waals surface area contributed by atoms with Crippen LogP contribution < -0.4 is 0 Å². The molecular weight excluding hydrogens is 162 g/mol. The summed E-state index contributed by atoms with van der Waals surface area (Å²) in [6, 6.07) is 3.85. The molecule has 1 saturated carbocycles. The SMILES string of the molecule is Cn1cccc1C(=O)C1CCCC1. The van der Waals surface area contributed by atoms with Crippen LogP contribution in [0.3, 0.4) is 0 Å². The van der Waals surface area contributed by atoms with Gasteiger partial charge in [0.15, 0.2) is 5.78 Å². The lowest BCUT2D eigenvalue weighted by Crippen LogP contribution is -2.14. The number of Topliss-reactive ketones (excluding diaryl/α,β-unsaturated/α-hetero) is 1. The van der Waals surface area contributed by atoms with Crippen molar-refractivity contribution in [2.24, 2.45) is 13.0 Å². The van der Waals surface area contributed by atoms with Crippen molar-refractivity contribution in [1.82, 2.24) is 4.57 Å². The minimum Gasteiger partial charge on any atom is -0.348 e. The van der Waals surface area contributed by atoms with Gasteiger partial charge in [0, 0.05) is 19.2 Å². The first kappa shape index (κ1) is 8.54. The van der Waals surface area contributed by atoms with E-state index in [9.17, 15) is 4.79 Å². The fraction of sp³-hybridized carbons (Fsp3) is 0.545. The molecule has 70 valence electrons. The molecule has 0 atom stereocenters. The van der Waals surface area contributed by atoms with Crippen LogP contribution in [-0.2, 0) is 7.05 Å². The molecule has 0 unspecified atom stereocenters. The van der Waals surface area contributed by atoms with Gasteiger partial charge in [-0.2, -0.15) is 0 Å². The third-order valence-corrected chi connectivity index (χ3v) is 2.92. The number of nitrogens with zero attached hydrogens (tertiary/aromatic N) is 1. The molecule has 0 aromatic carbocycles. The molecule has 0 N–H and O–H groups in total. The number of carbonyl (C=O) groups is 1. The van der Waals surface area contributed by atoms with E-state index >= 15 is 0 Å². The smallest absolute Gasteiger partial charge is 0.182 e. The summed E-state index contributed by atoms with van der Waals surface area (Å²) in [5.41, 5.74) is 0.868. The zero-order valence-electron chi connectivity index (χ0n) is 7.99. The minimum absolute atomic E-state index is 0.300. The van der Waals surface area contributed by atoms with E-state index in [1.54, 1.807) is 0 Å². The van der Waals surface area contributed by atoms with Crippen molar-refractivity contribution in [1.29, 1.82) is 0 Å². The zero-order chi connectivity index (χ0) is 9.26. The lowest BCUT2D eigenvalue weighted by atomic mass is 10.0. The highest BCUT2D eigenvalue weighted by Gasteiger charge is 2.24. The van der Waals surface area contributed by atoms with Crippen LogP contribution in [0.25, 0.3) is 0 Å². The maximum Gasteiger partial charge on any atom is 0.182 e. The monoisotopic (exact) mass is 177 g/mol. The van der Waals surface area contributed by atoms with E-state index in [2.05, 4.69) is 0 Å². The van der Waals surface area contributed by atoms with Crippen molar-refractivity contribution < 1.29 is 4.79 Å². The van der Waals surface area contributed by atoms with Crippen molar-refractivity contribution in [2.75, 3.05) is 0 Å². The Morgan fingerprint density at radius 2 is 2.15 bits per heavy atom. The molecule has 1 fully saturated rings. The van der Waals surface area contributed by atoms with Crippen molar-refractivity contribution in [3.8, 4) is 0 Å². The van der Waals surface area contributed by atoms with Gasteiger partial charge in [0.1, 0.15) is 0 Å². The summed E-state index contributed by atoms with van der Waals surface area (Å²) in [6.45, 7) is 0. The minimum atomic E-state index is 0.300. The normalized spacial score (nSPS) is 17.9. The van der Waals surface area contributed by atoms with Gasteiger partial charge in [-0.1, -0.05) is 12.8 Å². The number of hydrogen-bond donors (Lipinski definition) is 0. The Hall–Kier alpha value is -1.05. The average Bonchev–Trinajstić information content (AvgIpc) is 2.72. The summed E-state index contributed by atoms with van der Waals surface area (Å²) in [6.07, 6.45) is 6.55. The molecule has 0 amide bonds. The number of hydrogen-bond acceptors (Lipinski definition) is 1. The van der Waals surface area contributed by atoms with Gasteiger partial charge in [0.05, 0.1) is 5.69 Å². The van der Waals surface area contributed by atoms with Crippen LogP contribution in [0.15, 0.2) is 18.3 Å². The van der Waals surface area contributed by atoms with E-state index in [4.69, 9.17) is 0 Å².